The van der Waals surface area contributed by atoms with Crippen LogP contribution in [0.2, 0.25) is 0 Å². The van der Waals surface area contributed by atoms with Crippen LogP contribution in [0.3, 0.4) is 0 Å². The molecule has 3 nitrogen and oxygen atoms in total. The van der Waals surface area contributed by atoms with Crippen LogP contribution in [0.25, 0.3) is 6.08 Å². The van der Waals surface area contributed by atoms with Gasteiger partial charge in [0.25, 0.3) is 0 Å². The molecular formula is C9H7FO3S. The summed E-state index contributed by atoms with van der Waals surface area (Å²) in [5, 5.41) is 1.05. The summed E-state index contributed by atoms with van der Waals surface area (Å²) in [7, 11) is -2.09. The summed E-state index contributed by atoms with van der Waals surface area (Å²) in [6, 6.07) is 2.34. The molecule has 74 valence electrons. The molecule has 0 radical (unpaired) electrons. The molecule has 1 aliphatic heterocycles. The lowest BCUT2D eigenvalue weighted by molar-refractivity contribution is 0.385. The molecule has 0 aliphatic carbocycles. The summed E-state index contributed by atoms with van der Waals surface area (Å²) in [6.07, 6.45) is 1.37. The molecule has 1 aromatic carbocycles. The molecular weight excluding hydrogens is 207 g/mol. The number of halogens is 1. The van der Waals surface area contributed by atoms with E-state index in [0.29, 0.717) is 5.56 Å². The van der Waals surface area contributed by atoms with Gasteiger partial charge in [0.05, 0.1) is 12.0 Å². The lowest BCUT2D eigenvalue weighted by Crippen LogP contribution is -1.96. The standard InChI is InChI=1S/C9H7FO3S/c1-13-8-5-9-6(4-7(8)10)2-3-14(9,11)12/h2-5H,1H3. The second-order valence-electron chi connectivity index (χ2n) is 2.87. The molecule has 0 spiro atoms. The maximum Gasteiger partial charge on any atom is 0.200 e. The molecule has 0 saturated carbocycles. The second-order valence-corrected chi connectivity index (χ2v) is 4.67. The Labute approximate surface area is 80.7 Å². The van der Waals surface area contributed by atoms with E-state index in [9.17, 15) is 12.8 Å². The van der Waals surface area contributed by atoms with Gasteiger partial charge in [0.2, 0.25) is 9.84 Å². The van der Waals surface area contributed by atoms with Crippen molar-refractivity contribution in [1.82, 2.24) is 0 Å². The van der Waals surface area contributed by atoms with Gasteiger partial charge < -0.3 is 4.74 Å². The molecule has 5 heteroatoms. The zero-order chi connectivity index (χ0) is 10.3. The SMILES string of the molecule is COc1cc2c(cc1F)C=CS2(=O)=O. The molecule has 1 aliphatic rings. The van der Waals surface area contributed by atoms with Gasteiger partial charge in [-0.05, 0) is 17.7 Å². The third-order valence-electron chi connectivity index (χ3n) is 2.02. The highest BCUT2D eigenvalue weighted by molar-refractivity contribution is 7.94. The molecule has 0 atom stereocenters. The molecule has 0 saturated heterocycles. The molecule has 2 rings (SSSR count). The Morgan fingerprint density at radius 1 is 1.36 bits per heavy atom. The van der Waals surface area contributed by atoms with Crippen LogP contribution < -0.4 is 4.74 Å². The fraction of sp³-hybridized carbons (Fsp3) is 0.111. The number of sulfone groups is 1. The number of benzene rings is 1. The number of ether oxygens (including phenoxy) is 1. The summed E-state index contributed by atoms with van der Waals surface area (Å²) in [5.74, 6) is -0.621. The minimum absolute atomic E-state index is 0.0592. The van der Waals surface area contributed by atoms with Gasteiger partial charge in [-0.1, -0.05) is 0 Å². The van der Waals surface area contributed by atoms with Crippen molar-refractivity contribution in [1.29, 1.82) is 0 Å². The van der Waals surface area contributed by atoms with Crippen LogP contribution in [0.4, 0.5) is 4.39 Å². The number of fused-ring (bicyclic) bond motifs is 1. The maximum absolute atomic E-state index is 13.1. The first kappa shape index (κ1) is 9.21. The van der Waals surface area contributed by atoms with E-state index in [0.717, 1.165) is 11.5 Å². The van der Waals surface area contributed by atoms with Gasteiger partial charge in [-0.3, -0.25) is 0 Å². The van der Waals surface area contributed by atoms with Crippen molar-refractivity contribution in [3.63, 3.8) is 0 Å². The van der Waals surface area contributed by atoms with Crippen molar-refractivity contribution in [2.45, 2.75) is 4.90 Å². The minimum atomic E-state index is -3.38. The molecule has 14 heavy (non-hydrogen) atoms. The van der Waals surface area contributed by atoms with Gasteiger partial charge >= 0.3 is 0 Å². The highest BCUT2D eigenvalue weighted by Gasteiger charge is 2.23. The van der Waals surface area contributed by atoms with Gasteiger partial charge in [-0.15, -0.1) is 0 Å². The maximum atomic E-state index is 13.1. The zero-order valence-electron chi connectivity index (χ0n) is 7.32. The first-order valence-corrected chi connectivity index (χ1v) is 5.40. The Hall–Kier alpha value is -1.36. The van der Waals surface area contributed by atoms with Gasteiger partial charge in [-0.25, -0.2) is 12.8 Å². The first-order chi connectivity index (χ1) is 6.54. The smallest absolute Gasteiger partial charge is 0.200 e. The van der Waals surface area contributed by atoms with Crippen LogP contribution in [0.5, 0.6) is 5.75 Å². The number of rotatable bonds is 1. The Morgan fingerprint density at radius 2 is 2.07 bits per heavy atom. The van der Waals surface area contributed by atoms with Crippen molar-refractivity contribution < 1.29 is 17.5 Å². The Bertz CT molecular complexity index is 517. The molecule has 0 aromatic heterocycles. The summed E-state index contributed by atoms with van der Waals surface area (Å²) in [5.41, 5.74) is 0.364. The summed E-state index contributed by atoms with van der Waals surface area (Å²) < 4.78 is 40.6. The van der Waals surface area contributed by atoms with Crippen LogP contribution in [0.1, 0.15) is 5.56 Å². The van der Waals surface area contributed by atoms with Crippen molar-refractivity contribution in [3.8, 4) is 5.75 Å². The van der Waals surface area contributed by atoms with E-state index in [1.165, 1.54) is 19.3 Å². The molecule has 0 bridgehead atoms. The van der Waals surface area contributed by atoms with Crippen LogP contribution in [0, 0.1) is 5.82 Å². The van der Waals surface area contributed by atoms with Crippen molar-refractivity contribution in [2.24, 2.45) is 0 Å². The first-order valence-electron chi connectivity index (χ1n) is 3.85. The average Bonchev–Trinajstić information content (AvgIpc) is 2.41. The lowest BCUT2D eigenvalue weighted by atomic mass is 10.2. The normalized spacial score (nSPS) is 16.7. The van der Waals surface area contributed by atoms with E-state index >= 15 is 0 Å². The Balaban J connectivity index is 2.73. The molecule has 1 aromatic rings. The van der Waals surface area contributed by atoms with Gasteiger partial charge in [0, 0.05) is 11.5 Å². The molecule has 1 heterocycles. The Kier molecular flexibility index (Phi) is 1.85. The molecule has 0 fully saturated rings. The summed E-state index contributed by atoms with van der Waals surface area (Å²) >= 11 is 0. The van der Waals surface area contributed by atoms with E-state index in [1.54, 1.807) is 0 Å². The molecule has 0 N–H and O–H groups in total. The van der Waals surface area contributed by atoms with Crippen molar-refractivity contribution in [3.05, 3.63) is 28.9 Å². The zero-order valence-corrected chi connectivity index (χ0v) is 8.14. The monoisotopic (exact) mass is 214 g/mol. The highest BCUT2D eigenvalue weighted by Crippen LogP contribution is 2.31. The lowest BCUT2D eigenvalue weighted by Gasteiger charge is -2.04. The van der Waals surface area contributed by atoms with E-state index in [2.05, 4.69) is 0 Å². The van der Waals surface area contributed by atoms with E-state index in [4.69, 9.17) is 4.74 Å². The number of hydrogen-bond donors (Lipinski definition) is 0. The van der Waals surface area contributed by atoms with Gasteiger partial charge in [0.15, 0.2) is 11.6 Å². The molecule has 0 unspecified atom stereocenters. The largest absolute Gasteiger partial charge is 0.494 e. The van der Waals surface area contributed by atoms with Crippen LogP contribution >= 0.6 is 0 Å². The Morgan fingerprint density at radius 3 is 2.71 bits per heavy atom. The average molecular weight is 214 g/mol. The number of hydrogen-bond acceptors (Lipinski definition) is 3. The quantitative estimate of drug-likeness (QED) is 0.667. The third kappa shape index (κ3) is 1.21. The minimum Gasteiger partial charge on any atom is -0.494 e. The van der Waals surface area contributed by atoms with Crippen LogP contribution in [-0.2, 0) is 9.84 Å². The third-order valence-corrected chi connectivity index (χ3v) is 3.48. The van der Waals surface area contributed by atoms with Gasteiger partial charge in [0.1, 0.15) is 0 Å². The van der Waals surface area contributed by atoms with Crippen molar-refractivity contribution in [2.75, 3.05) is 7.11 Å². The predicted molar refractivity (Wildman–Crippen MR) is 49.2 cm³/mol. The van der Waals surface area contributed by atoms with E-state index < -0.39 is 15.7 Å². The van der Waals surface area contributed by atoms with Gasteiger partial charge in [-0.2, -0.15) is 0 Å². The fourth-order valence-electron chi connectivity index (χ4n) is 1.32. The summed E-state index contributed by atoms with van der Waals surface area (Å²) in [6.45, 7) is 0. The summed E-state index contributed by atoms with van der Waals surface area (Å²) in [4.78, 5) is 0.0933. The van der Waals surface area contributed by atoms with Crippen molar-refractivity contribution >= 4 is 15.9 Å². The molecule has 0 amide bonds. The topological polar surface area (TPSA) is 43.4 Å². The number of methoxy groups -OCH3 is 1. The van der Waals surface area contributed by atoms with E-state index in [1.807, 2.05) is 0 Å². The fourth-order valence-corrected chi connectivity index (χ4v) is 2.52. The highest BCUT2D eigenvalue weighted by atomic mass is 32.2. The van der Waals surface area contributed by atoms with E-state index in [-0.39, 0.29) is 10.6 Å². The van der Waals surface area contributed by atoms with Crippen LogP contribution in [0.15, 0.2) is 22.4 Å². The van der Waals surface area contributed by atoms with Crippen LogP contribution in [-0.4, -0.2) is 15.5 Å². The predicted octanol–water partition coefficient (Wildman–Crippen LogP) is 1.59. The second kappa shape index (κ2) is 2.81.